The highest BCUT2D eigenvalue weighted by Crippen LogP contribution is 2.28. The van der Waals surface area contributed by atoms with E-state index in [0.717, 1.165) is 78.7 Å². The van der Waals surface area contributed by atoms with E-state index in [4.69, 9.17) is 14.2 Å². The first-order valence-corrected chi connectivity index (χ1v) is 14.9. The molecule has 0 aliphatic carbocycles. The molecule has 1 aliphatic heterocycles. The lowest BCUT2D eigenvalue weighted by Crippen LogP contribution is -2.36. The molecule has 212 valence electrons. The van der Waals surface area contributed by atoms with Crippen LogP contribution < -0.4 is 14.8 Å². The maximum atomic E-state index is 12.4. The zero-order chi connectivity index (χ0) is 28.1. The van der Waals surface area contributed by atoms with Crippen molar-refractivity contribution in [2.24, 2.45) is 0 Å². The topological polar surface area (TPSA) is 85.8 Å². The molecule has 2 heterocycles. The van der Waals surface area contributed by atoms with Crippen molar-refractivity contribution in [3.8, 4) is 11.5 Å². The lowest BCUT2D eigenvalue weighted by atomic mass is 10.2. The maximum Gasteiger partial charge on any atom is 0.335 e. The van der Waals surface area contributed by atoms with Crippen molar-refractivity contribution in [1.82, 2.24) is 14.9 Å². The summed E-state index contributed by atoms with van der Waals surface area (Å²) in [6.45, 7) is 5.31. The molecule has 0 spiro atoms. The van der Waals surface area contributed by atoms with Crippen molar-refractivity contribution >= 4 is 40.1 Å². The van der Waals surface area contributed by atoms with Crippen LogP contribution in [0.25, 0.3) is 10.9 Å². The fourth-order valence-electron chi connectivity index (χ4n) is 4.37. The van der Waals surface area contributed by atoms with Crippen LogP contribution in [0.3, 0.4) is 0 Å². The Morgan fingerprint density at radius 2 is 1.80 bits per heavy atom. The van der Waals surface area contributed by atoms with Crippen LogP contribution in [0.4, 0.5) is 11.5 Å². The first-order chi connectivity index (χ1) is 20.2. The molecule has 0 unspecified atom stereocenters. The summed E-state index contributed by atoms with van der Waals surface area (Å²) < 4.78 is 16.8. The zero-order valence-electron chi connectivity index (χ0n) is 22.9. The van der Waals surface area contributed by atoms with Gasteiger partial charge in [-0.2, -0.15) is 11.8 Å². The largest absolute Gasteiger partial charge is 0.489 e. The first-order valence-electron chi connectivity index (χ1n) is 13.8. The SMILES string of the molecule is O=C(C=CCSCCCN1CCOCC1)Oc1ccc2ncnc(Nc3ccc(OCc4ccccc4)cc3)c2c1. The van der Waals surface area contributed by atoms with Crippen LogP contribution >= 0.6 is 11.8 Å². The van der Waals surface area contributed by atoms with Crippen molar-refractivity contribution in [2.75, 3.05) is 49.7 Å². The molecule has 0 atom stereocenters. The fourth-order valence-corrected chi connectivity index (χ4v) is 5.10. The number of morpholine rings is 1. The molecule has 1 fully saturated rings. The van der Waals surface area contributed by atoms with E-state index in [9.17, 15) is 4.79 Å². The molecule has 1 aliphatic rings. The second-order valence-corrected chi connectivity index (χ2v) is 10.7. The molecule has 41 heavy (non-hydrogen) atoms. The number of carbonyl (C=O) groups is 1. The van der Waals surface area contributed by atoms with Crippen molar-refractivity contribution in [2.45, 2.75) is 13.0 Å². The second-order valence-electron chi connectivity index (χ2n) is 9.53. The number of aromatic nitrogens is 2. The Kier molecular flexibility index (Phi) is 10.6. The summed E-state index contributed by atoms with van der Waals surface area (Å²) >= 11 is 1.81. The van der Waals surface area contributed by atoms with Gasteiger partial charge in [-0.15, -0.1) is 0 Å². The third-order valence-corrected chi connectivity index (χ3v) is 7.53. The lowest BCUT2D eigenvalue weighted by Gasteiger charge is -2.26. The van der Waals surface area contributed by atoms with Crippen molar-refractivity contribution < 1.29 is 19.0 Å². The van der Waals surface area contributed by atoms with Crippen molar-refractivity contribution in [3.05, 3.63) is 96.8 Å². The second kappa shape index (κ2) is 15.2. The number of fused-ring (bicyclic) bond motifs is 1. The average Bonchev–Trinajstić information content (AvgIpc) is 3.01. The molecule has 1 aromatic heterocycles. The normalized spacial score (nSPS) is 13.9. The van der Waals surface area contributed by atoms with Gasteiger partial charge in [0.25, 0.3) is 0 Å². The monoisotopic (exact) mass is 570 g/mol. The van der Waals surface area contributed by atoms with E-state index >= 15 is 0 Å². The molecular weight excluding hydrogens is 536 g/mol. The van der Waals surface area contributed by atoms with Crippen LogP contribution in [0, 0.1) is 0 Å². The molecule has 5 rings (SSSR count). The van der Waals surface area contributed by atoms with Gasteiger partial charge in [-0.05, 0) is 66.7 Å². The minimum absolute atomic E-state index is 0.407. The third-order valence-electron chi connectivity index (χ3n) is 6.53. The van der Waals surface area contributed by atoms with Crippen LogP contribution in [0.15, 0.2) is 91.3 Å². The van der Waals surface area contributed by atoms with E-state index in [1.54, 1.807) is 12.1 Å². The number of benzene rings is 3. The lowest BCUT2D eigenvalue weighted by molar-refractivity contribution is -0.128. The highest BCUT2D eigenvalue weighted by Gasteiger charge is 2.10. The third kappa shape index (κ3) is 9.04. The maximum absolute atomic E-state index is 12.4. The van der Waals surface area contributed by atoms with E-state index in [1.165, 1.54) is 12.4 Å². The molecule has 1 N–H and O–H groups in total. The Hall–Kier alpha value is -3.92. The predicted octanol–water partition coefficient (Wildman–Crippen LogP) is 5.87. The molecule has 1 saturated heterocycles. The van der Waals surface area contributed by atoms with Gasteiger partial charge in [0, 0.05) is 36.0 Å². The van der Waals surface area contributed by atoms with Gasteiger partial charge in [-0.3, -0.25) is 4.90 Å². The molecule has 9 heteroatoms. The van der Waals surface area contributed by atoms with Gasteiger partial charge >= 0.3 is 5.97 Å². The van der Waals surface area contributed by atoms with Gasteiger partial charge in [0.1, 0.15) is 30.3 Å². The van der Waals surface area contributed by atoms with Crippen LogP contribution in [0.5, 0.6) is 11.5 Å². The van der Waals surface area contributed by atoms with Gasteiger partial charge < -0.3 is 19.5 Å². The summed E-state index contributed by atoms with van der Waals surface area (Å²) in [5.41, 5.74) is 2.71. The molecule has 0 radical (unpaired) electrons. The Balaban J connectivity index is 1.10. The molecule has 0 amide bonds. The van der Waals surface area contributed by atoms with E-state index in [1.807, 2.05) is 78.5 Å². The molecule has 3 aromatic carbocycles. The van der Waals surface area contributed by atoms with Crippen LogP contribution in [-0.4, -0.2) is 65.2 Å². The van der Waals surface area contributed by atoms with Crippen LogP contribution in [0.1, 0.15) is 12.0 Å². The minimum Gasteiger partial charge on any atom is -0.489 e. The number of hydrogen-bond donors (Lipinski definition) is 1. The van der Waals surface area contributed by atoms with Crippen LogP contribution in [0.2, 0.25) is 0 Å². The molecular formula is C32H34N4O4S. The van der Waals surface area contributed by atoms with E-state index in [2.05, 4.69) is 20.2 Å². The highest BCUT2D eigenvalue weighted by atomic mass is 32.2. The van der Waals surface area contributed by atoms with Gasteiger partial charge in [0.15, 0.2) is 0 Å². The summed E-state index contributed by atoms with van der Waals surface area (Å²) in [5, 5.41) is 4.09. The smallest absolute Gasteiger partial charge is 0.335 e. The fraction of sp³-hybridized carbons (Fsp3) is 0.281. The van der Waals surface area contributed by atoms with Gasteiger partial charge in [-0.25, -0.2) is 14.8 Å². The number of rotatable bonds is 13. The number of hydrogen-bond acceptors (Lipinski definition) is 9. The predicted molar refractivity (Wildman–Crippen MR) is 164 cm³/mol. The molecule has 0 bridgehead atoms. The quantitative estimate of drug-likeness (QED) is 0.0918. The van der Waals surface area contributed by atoms with Crippen molar-refractivity contribution in [1.29, 1.82) is 0 Å². The number of thioether (sulfide) groups is 1. The van der Waals surface area contributed by atoms with E-state index < -0.39 is 5.97 Å². The van der Waals surface area contributed by atoms with Crippen molar-refractivity contribution in [3.63, 3.8) is 0 Å². The summed E-state index contributed by atoms with van der Waals surface area (Å²) in [6.07, 6.45) is 5.98. The molecule has 8 nitrogen and oxygen atoms in total. The first kappa shape index (κ1) is 28.6. The average molecular weight is 571 g/mol. The van der Waals surface area contributed by atoms with Gasteiger partial charge in [-0.1, -0.05) is 36.4 Å². The summed E-state index contributed by atoms with van der Waals surface area (Å²) in [6, 6.07) is 23.1. The number of esters is 1. The summed E-state index contributed by atoms with van der Waals surface area (Å²) in [7, 11) is 0. The number of nitrogens with zero attached hydrogens (tertiary/aromatic N) is 3. The van der Waals surface area contributed by atoms with E-state index in [-0.39, 0.29) is 0 Å². The van der Waals surface area contributed by atoms with Crippen LogP contribution in [-0.2, 0) is 16.1 Å². The Morgan fingerprint density at radius 1 is 1.00 bits per heavy atom. The Bertz CT molecular complexity index is 1430. The number of carbonyl (C=O) groups excluding carboxylic acids is 1. The molecule has 0 saturated carbocycles. The Labute approximate surface area is 244 Å². The number of nitrogens with one attached hydrogen (secondary N) is 1. The summed E-state index contributed by atoms with van der Waals surface area (Å²) in [4.78, 5) is 23.6. The number of anilines is 2. The standard InChI is InChI=1S/C32H34N4O4S/c37-31(8-4-20-41-21-5-15-36-16-18-38-19-17-36)40-28-13-14-30-29(22-28)32(34-24-33-30)35-26-9-11-27(12-10-26)39-23-25-6-2-1-3-7-25/h1-4,6-14,22,24H,5,15-21,23H2,(H,33,34,35). The van der Waals surface area contributed by atoms with E-state index in [0.29, 0.717) is 18.2 Å². The highest BCUT2D eigenvalue weighted by molar-refractivity contribution is 7.99. The summed E-state index contributed by atoms with van der Waals surface area (Å²) in [5.74, 6) is 3.26. The zero-order valence-corrected chi connectivity index (χ0v) is 23.7. The molecule has 4 aromatic rings. The van der Waals surface area contributed by atoms with Gasteiger partial charge in [0.05, 0.1) is 18.7 Å². The Morgan fingerprint density at radius 3 is 2.63 bits per heavy atom. The number of ether oxygens (including phenoxy) is 3. The minimum atomic E-state index is -0.407. The van der Waals surface area contributed by atoms with Gasteiger partial charge in [0.2, 0.25) is 0 Å².